The van der Waals surface area contributed by atoms with Crippen LogP contribution in [0.4, 0.5) is 0 Å². The largest absolute Gasteiger partial charge is 0.494 e. The van der Waals surface area contributed by atoms with Gasteiger partial charge in [-0.3, -0.25) is 0 Å². The number of ether oxygens (including phenoxy) is 1. The van der Waals surface area contributed by atoms with Crippen molar-refractivity contribution in [2.24, 2.45) is 11.8 Å². The van der Waals surface area contributed by atoms with E-state index in [-0.39, 0.29) is 0 Å². The van der Waals surface area contributed by atoms with Crippen LogP contribution in [0.5, 0.6) is 5.75 Å². The first kappa shape index (κ1) is 15.8. The summed E-state index contributed by atoms with van der Waals surface area (Å²) in [5.41, 5.74) is 0. The summed E-state index contributed by atoms with van der Waals surface area (Å²) in [7, 11) is -2.78. The molecule has 2 unspecified atom stereocenters. The first-order valence-electron chi connectivity index (χ1n) is 7.05. The van der Waals surface area contributed by atoms with Gasteiger partial charge in [0.1, 0.15) is 5.75 Å². The third-order valence-electron chi connectivity index (χ3n) is 3.86. The van der Waals surface area contributed by atoms with Crippen molar-refractivity contribution in [3.05, 3.63) is 30.3 Å². The lowest BCUT2D eigenvalue weighted by Gasteiger charge is -2.20. The molecule has 0 N–H and O–H groups in total. The molecule has 0 bridgehead atoms. The Morgan fingerprint density at radius 1 is 1.30 bits per heavy atom. The van der Waals surface area contributed by atoms with Crippen LogP contribution in [0.2, 0.25) is 0 Å². The lowest BCUT2D eigenvalue weighted by atomic mass is 9.90. The van der Waals surface area contributed by atoms with Crippen molar-refractivity contribution in [1.82, 2.24) is 0 Å². The summed E-state index contributed by atoms with van der Waals surface area (Å²) in [4.78, 5) is 0. The number of halogens is 1. The van der Waals surface area contributed by atoms with E-state index in [1.54, 1.807) is 0 Å². The average Bonchev–Trinajstić information content (AvgIpc) is 2.80. The zero-order valence-electron chi connectivity index (χ0n) is 11.5. The number of rotatable bonds is 7. The van der Waals surface area contributed by atoms with E-state index in [9.17, 15) is 8.42 Å². The van der Waals surface area contributed by atoms with Crippen molar-refractivity contribution in [3.63, 3.8) is 0 Å². The van der Waals surface area contributed by atoms with E-state index in [1.165, 1.54) is 0 Å². The smallest absolute Gasteiger partial charge is 0.150 e. The van der Waals surface area contributed by atoms with Crippen molar-refractivity contribution in [1.29, 1.82) is 0 Å². The molecule has 1 saturated heterocycles. The number of benzene rings is 1. The van der Waals surface area contributed by atoms with E-state index in [2.05, 4.69) is 15.9 Å². The summed E-state index contributed by atoms with van der Waals surface area (Å²) in [5, 5.41) is 0.874. The highest BCUT2D eigenvalue weighted by Gasteiger charge is 2.32. The Morgan fingerprint density at radius 2 is 2.05 bits per heavy atom. The van der Waals surface area contributed by atoms with Gasteiger partial charge in [0.2, 0.25) is 0 Å². The Labute approximate surface area is 129 Å². The van der Waals surface area contributed by atoms with Crippen LogP contribution in [-0.4, -0.2) is 31.9 Å². The highest BCUT2D eigenvalue weighted by molar-refractivity contribution is 9.09. The third kappa shape index (κ3) is 4.77. The highest BCUT2D eigenvalue weighted by Crippen LogP contribution is 2.30. The molecule has 1 aromatic carbocycles. The van der Waals surface area contributed by atoms with E-state index in [0.29, 0.717) is 29.9 Å². The molecule has 2 atom stereocenters. The minimum atomic E-state index is -2.78. The van der Waals surface area contributed by atoms with Crippen LogP contribution in [0.3, 0.4) is 0 Å². The first-order chi connectivity index (χ1) is 9.61. The van der Waals surface area contributed by atoms with Gasteiger partial charge in [0.05, 0.1) is 18.1 Å². The molecule has 3 nitrogen and oxygen atoms in total. The molecule has 0 saturated carbocycles. The summed E-state index contributed by atoms with van der Waals surface area (Å²) in [6.07, 6.45) is 2.79. The Hall–Kier alpha value is -0.550. The molecule has 112 valence electrons. The molecule has 1 aliphatic heterocycles. The van der Waals surface area contributed by atoms with E-state index < -0.39 is 9.84 Å². The highest BCUT2D eigenvalue weighted by atomic mass is 79.9. The predicted molar refractivity (Wildman–Crippen MR) is 85.2 cm³/mol. The molecule has 1 fully saturated rings. The van der Waals surface area contributed by atoms with Crippen LogP contribution >= 0.6 is 15.9 Å². The molecule has 0 spiro atoms. The van der Waals surface area contributed by atoms with E-state index in [4.69, 9.17) is 4.74 Å². The fourth-order valence-corrected chi connectivity index (χ4v) is 5.46. The maximum atomic E-state index is 11.5. The topological polar surface area (TPSA) is 43.4 Å². The zero-order chi connectivity index (χ0) is 14.4. The van der Waals surface area contributed by atoms with Gasteiger partial charge in [-0.15, -0.1) is 0 Å². The van der Waals surface area contributed by atoms with Crippen LogP contribution in [0.15, 0.2) is 30.3 Å². The van der Waals surface area contributed by atoms with E-state index >= 15 is 0 Å². The molecule has 20 heavy (non-hydrogen) atoms. The second-order valence-electron chi connectivity index (χ2n) is 5.38. The molecule has 0 amide bonds. The summed E-state index contributed by atoms with van der Waals surface area (Å²) in [6, 6.07) is 9.78. The van der Waals surface area contributed by atoms with Gasteiger partial charge in [0.25, 0.3) is 0 Å². The first-order valence-corrected chi connectivity index (χ1v) is 9.99. The molecule has 1 aromatic rings. The van der Waals surface area contributed by atoms with Gasteiger partial charge >= 0.3 is 0 Å². The third-order valence-corrected chi connectivity index (χ3v) is 6.49. The van der Waals surface area contributed by atoms with Crippen LogP contribution in [0, 0.1) is 11.8 Å². The van der Waals surface area contributed by atoms with Crippen molar-refractivity contribution in [3.8, 4) is 5.75 Å². The lowest BCUT2D eigenvalue weighted by Crippen LogP contribution is -2.18. The summed E-state index contributed by atoms with van der Waals surface area (Å²) >= 11 is 3.52. The standard InChI is InChI=1S/C15H21BrO3S/c16-11-13(14-8-10-20(17,18)12-14)5-4-9-19-15-6-2-1-3-7-15/h1-3,6-7,13-14H,4-5,8-12H2. The summed E-state index contributed by atoms with van der Waals surface area (Å²) in [5.74, 6) is 2.37. The fourth-order valence-electron chi connectivity index (χ4n) is 2.69. The SMILES string of the molecule is O=S1(=O)CCC(C(CBr)CCCOc2ccccc2)C1. The van der Waals surface area contributed by atoms with Crippen molar-refractivity contribution < 1.29 is 13.2 Å². The minimum Gasteiger partial charge on any atom is -0.494 e. The monoisotopic (exact) mass is 360 g/mol. The second-order valence-corrected chi connectivity index (χ2v) is 8.26. The van der Waals surface area contributed by atoms with Gasteiger partial charge in [-0.1, -0.05) is 34.1 Å². The van der Waals surface area contributed by atoms with Gasteiger partial charge in [-0.2, -0.15) is 0 Å². The van der Waals surface area contributed by atoms with Crippen LogP contribution in [-0.2, 0) is 9.84 Å². The van der Waals surface area contributed by atoms with Crippen LogP contribution in [0.1, 0.15) is 19.3 Å². The lowest BCUT2D eigenvalue weighted by molar-refractivity contribution is 0.279. The maximum Gasteiger partial charge on any atom is 0.150 e. The molecule has 1 aliphatic rings. The van der Waals surface area contributed by atoms with Gasteiger partial charge < -0.3 is 4.74 Å². The number of sulfone groups is 1. The number of hydrogen-bond acceptors (Lipinski definition) is 3. The molecule has 0 radical (unpaired) electrons. The Kier molecular flexibility index (Phi) is 5.90. The summed E-state index contributed by atoms with van der Waals surface area (Å²) in [6.45, 7) is 0.687. The normalized spacial score (nSPS) is 22.6. The van der Waals surface area contributed by atoms with Gasteiger partial charge in [0.15, 0.2) is 9.84 Å². The molecule has 5 heteroatoms. The zero-order valence-corrected chi connectivity index (χ0v) is 13.9. The number of para-hydroxylation sites is 1. The molecular weight excluding hydrogens is 340 g/mol. The van der Waals surface area contributed by atoms with Gasteiger partial charge in [0, 0.05) is 5.33 Å². The number of alkyl halides is 1. The number of hydrogen-bond donors (Lipinski definition) is 0. The van der Waals surface area contributed by atoms with E-state index in [1.807, 2.05) is 30.3 Å². The molecule has 2 rings (SSSR count). The Bertz CT molecular complexity index is 501. The van der Waals surface area contributed by atoms with Crippen LogP contribution in [0.25, 0.3) is 0 Å². The second kappa shape index (κ2) is 7.46. The Balaban J connectivity index is 1.72. The van der Waals surface area contributed by atoms with Crippen molar-refractivity contribution in [2.45, 2.75) is 19.3 Å². The van der Waals surface area contributed by atoms with Crippen molar-refractivity contribution in [2.75, 3.05) is 23.4 Å². The van der Waals surface area contributed by atoms with E-state index in [0.717, 1.165) is 30.3 Å². The quantitative estimate of drug-likeness (QED) is 0.553. The molecule has 0 aromatic heterocycles. The Morgan fingerprint density at radius 3 is 2.65 bits per heavy atom. The van der Waals surface area contributed by atoms with Gasteiger partial charge in [-0.05, 0) is 43.2 Å². The summed E-state index contributed by atoms with van der Waals surface area (Å²) < 4.78 is 28.7. The van der Waals surface area contributed by atoms with Crippen molar-refractivity contribution >= 4 is 25.8 Å². The molecule has 1 heterocycles. The fraction of sp³-hybridized carbons (Fsp3) is 0.600. The van der Waals surface area contributed by atoms with Gasteiger partial charge in [-0.25, -0.2) is 8.42 Å². The molecular formula is C15H21BrO3S. The maximum absolute atomic E-state index is 11.5. The predicted octanol–water partition coefficient (Wildman–Crippen LogP) is 3.29. The minimum absolute atomic E-state index is 0.316. The average molecular weight is 361 g/mol. The van der Waals surface area contributed by atoms with Crippen LogP contribution < -0.4 is 4.74 Å². The molecule has 0 aliphatic carbocycles.